The first-order chi connectivity index (χ1) is 10.0. The van der Waals surface area contributed by atoms with Crippen molar-refractivity contribution < 1.29 is 4.79 Å². The number of carbonyl (C=O) groups is 1. The summed E-state index contributed by atoms with van der Waals surface area (Å²) in [5.74, 6) is 0. The molecule has 2 aromatic rings. The quantitative estimate of drug-likeness (QED) is 0.701. The lowest BCUT2D eigenvalue weighted by molar-refractivity contribution is 0.255. The van der Waals surface area contributed by atoms with Crippen molar-refractivity contribution in [2.75, 3.05) is 11.1 Å². The minimum absolute atomic E-state index is 0.382. The monoisotopic (exact) mass is 365 g/mol. The summed E-state index contributed by atoms with van der Waals surface area (Å²) >= 11 is 9.36. The molecule has 0 aromatic heterocycles. The van der Waals surface area contributed by atoms with E-state index in [1.54, 1.807) is 30.5 Å². The molecule has 0 saturated heterocycles. The van der Waals surface area contributed by atoms with Gasteiger partial charge >= 0.3 is 6.03 Å². The highest BCUT2D eigenvalue weighted by Crippen LogP contribution is 2.23. The second-order valence-corrected chi connectivity index (χ2v) is 5.55. The third kappa shape index (κ3) is 4.81. The zero-order valence-corrected chi connectivity index (χ0v) is 13.3. The Bertz CT molecular complexity index is 688. The predicted octanol–water partition coefficient (Wildman–Crippen LogP) is 4.48. The fraction of sp³-hybridized carbons (Fsp3) is 0. The Morgan fingerprint density at radius 2 is 2.05 bits per heavy atom. The highest BCUT2D eigenvalue weighted by Gasteiger charge is 2.04. The van der Waals surface area contributed by atoms with Crippen molar-refractivity contribution >= 4 is 51.0 Å². The SMILES string of the molecule is Nc1ccc(NC(=O)N/C=C/c2cccc(Br)c2)c(Cl)c1. The van der Waals surface area contributed by atoms with Gasteiger partial charge in [0.25, 0.3) is 0 Å². The summed E-state index contributed by atoms with van der Waals surface area (Å²) in [4.78, 5) is 11.7. The van der Waals surface area contributed by atoms with E-state index in [9.17, 15) is 4.79 Å². The van der Waals surface area contributed by atoms with Crippen LogP contribution in [0.5, 0.6) is 0 Å². The molecule has 0 atom stereocenters. The van der Waals surface area contributed by atoms with Gasteiger partial charge in [0.2, 0.25) is 0 Å². The highest BCUT2D eigenvalue weighted by molar-refractivity contribution is 9.10. The third-order valence-corrected chi connectivity index (χ3v) is 3.39. The molecule has 0 saturated carbocycles. The zero-order chi connectivity index (χ0) is 15.2. The number of nitrogens with one attached hydrogen (secondary N) is 2. The van der Waals surface area contributed by atoms with E-state index in [2.05, 4.69) is 26.6 Å². The van der Waals surface area contributed by atoms with Crippen LogP contribution < -0.4 is 16.4 Å². The standard InChI is InChI=1S/C15H13BrClN3O/c16-11-3-1-2-10(8-11)6-7-19-15(21)20-14-5-4-12(18)9-13(14)17/h1-9H,18H2,(H2,19,20,21)/b7-6+. The van der Waals surface area contributed by atoms with E-state index >= 15 is 0 Å². The van der Waals surface area contributed by atoms with Gasteiger partial charge in [-0.3, -0.25) is 0 Å². The van der Waals surface area contributed by atoms with Gasteiger partial charge in [0.1, 0.15) is 0 Å². The van der Waals surface area contributed by atoms with E-state index in [0.29, 0.717) is 16.4 Å². The molecule has 4 nitrogen and oxygen atoms in total. The topological polar surface area (TPSA) is 67.1 Å². The van der Waals surface area contributed by atoms with Crippen LogP contribution in [0.2, 0.25) is 5.02 Å². The molecular formula is C15H13BrClN3O. The summed E-state index contributed by atoms with van der Waals surface area (Å²) in [5, 5.41) is 5.63. The molecule has 0 spiro atoms. The Hall–Kier alpha value is -1.98. The third-order valence-electron chi connectivity index (χ3n) is 2.58. The van der Waals surface area contributed by atoms with Gasteiger partial charge < -0.3 is 16.4 Å². The second kappa shape index (κ2) is 7.15. The molecule has 0 aliphatic carbocycles. The molecule has 0 aliphatic heterocycles. The molecular weight excluding hydrogens is 354 g/mol. The number of nitrogen functional groups attached to an aromatic ring is 1. The average molecular weight is 367 g/mol. The molecule has 0 radical (unpaired) electrons. The lowest BCUT2D eigenvalue weighted by atomic mass is 10.2. The van der Waals surface area contributed by atoms with Crippen LogP contribution in [0, 0.1) is 0 Å². The van der Waals surface area contributed by atoms with Crippen molar-refractivity contribution in [2.24, 2.45) is 0 Å². The molecule has 0 unspecified atom stereocenters. The zero-order valence-electron chi connectivity index (χ0n) is 10.9. The summed E-state index contributed by atoms with van der Waals surface area (Å²) in [6, 6.07) is 12.2. The second-order valence-electron chi connectivity index (χ2n) is 4.23. The molecule has 108 valence electrons. The largest absolute Gasteiger partial charge is 0.399 e. The summed E-state index contributed by atoms with van der Waals surface area (Å²) in [7, 11) is 0. The number of anilines is 2. The number of urea groups is 1. The molecule has 2 rings (SSSR count). The number of benzene rings is 2. The van der Waals surface area contributed by atoms with Crippen molar-refractivity contribution in [3.05, 3.63) is 63.7 Å². The van der Waals surface area contributed by atoms with Gasteiger partial charge in [0.05, 0.1) is 10.7 Å². The van der Waals surface area contributed by atoms with E-state index in [-0.39, 0.29) is 6.03 Å². The van der Waals surface area contributed by atoms with E-state index in [4.69, 9.17) is 17.3 Å². The minimum Gasteiger partial charge on any atom is -0.399 e. The molecule has 6 heteroatoms. The molecule has 0 fully saturated rings. The first kappa shape index (κ1) is 15.4. The molecule has 4 N–H and O–H groups in total. The molecule has 21 heavy (non-hydrogen) atoms. The highest BCUT2D eigenvalue weighted by atomic mass is 79.9. The number of carbonyl (C=O) groups excluding carboxylic acids is 1. The Morgan fingerprint density at radius 1 is 1.24 bits per heavy atom. The predicted molar refractivity (Wildman–Crippen MR) is 91.2 cm³/mol. The molecule has 0 aliphatic rings. The van der Waals surface area contributed by atoms with Crippen molar-refractivity contribution in [1.29, 1.82) is 0 Å². The average Bonchev–Trinajstić information content (AvgIpc) is 2.42. The van der Waals surface area contributed by atoms with Gasteiger partial charge in [0.15, 0.2) is 0 Å². The van der Waals surface area contributed by atoms with E-state index < -0.39 is 0 Å². The van der Waals surface area contributed by atoms with Crippen LogP contribution in [0.1, 0.15) is 5.56 Å². The molecule has 2 aromatic carbocycles. The van der Waals surface area contributed by atoms with Crippen LogP contribution in [0.15, 0.2) is 53.1 Å². The summed E-state index contributed by atoms with van der Waals surface area (Å²) in [6.07, 6.45) is 3.34. The number of hydrogen-bond acceptors (Lipinski definition) is 2. The van der Waals surface area contributed by atoms with E-state index in [1.165, 1.54) is 0 Å². The van der Waals surface area contributed by atoms with Gasteiger partial charge in [-0.05, 0) is 42.0 Å². The van der Waals surface area contributed by atoms with Gasteiger partial charge in [0, 0.05) is 16.4 Å². The Kier molecular flexibility index (Phi) is 5.25. The van der Waals surface area contributed by atoms with Crippen LogP contribution in [0.25, 0.3) is 6.08 Å². The number of rotatable bonds is 3. The smallest absolute Gasteiger partial charge is 0.323 e. The van der Waals surface area contributed by atoms with Gasteiger partial charge in [-0.15, -0.1) is 0 Å². The number of nitrogens with two attached hydrogens (primary N) is 1. The molecule has 0 heterocycles. The van der Waals surface area contributed by atoms with Crippen molar-refractivity contribution in [3.8, 4) is 0 Å². The minimum atomic E-state index is -0.382. The van der Waals surface area contributed by atoms with Crippen molar-refractivity contribution in [2.45, 2.75) is 0 Å². The van der Waals surface area contributed by atoms with Crippen LogP contribution in [-0.4, -0.2) is 6.03 Å². The Balaban J connectivity index is 1.93. The number of halogens is 2. The summed E-state index contributed by atoms with van der Waals surface area (Å²) < 4.78 is 0.975. The maximum Gasteiger partial charge on any atom is 0.323 e. The van der Waals surface area contributed by atoms with E-state index in [0.717, 1.165) is 10.0 Å². The number of amides is 2. The van der Waals surface area contributed by atoms with Crippen molar-refractivity contribution in [1.82, 2.24) is 5.32 Å². The lowest BCUT2D eigenvalue weighted by Gasteiger charge is -2.07. The first-order valence-corrected chi connectivity index (χ1v) is 7.26. The van der Waals surface area contributed by atoms with Crippen LogP contribution in [-0.2, 0) is 0 Å². The van der Waals surface area contributed by atoms with Crippen LogP contribution in [0.4, 0.5) is 16.2 Å². The van der Waals surface area contributed by atoms with Gasteiger partial charge in [-0.1, -0.05) is 39.7 Å². The Morgan fingerprint density at radius 3 is 2.76 bits per heavy atom. The van der Waals surface area contributed by atoms with Crippen LogP contribution >= 0.6 is 27.5 Å². The fourth-order valence-corrected chi connectivity index (χ4v) is 2.27. The van der Waals surface area contributed by atoms with E-state index in [1.807, 2.05) is 24.3 Å². The fourth-order valence-electron chi connectivity index (χ4n) is 1.61. The number of hydrogen-bond donors (Lipinski definition) is 3. The maximum absolute atomic E-state index is 11.7. The van der Waals surface area contributed by atoms with Crippen LogP contribution in [0.3, 0.4) is 0 Å². The summed E-state index contributed by atoms with van der Waals surface area (Å²) in [5.41, 5.74) is 7.60. The Labute approximate surface area is 136 Å². The van der Waals surface area contributed by atoms with Gasteiger partial charge in [-0.2, -0.15) is 0 Å². The normalized spacial score (nSPS) is 10.6. The molecule has 0 bridgehead atoms. The molecule has 2 amide bonds. The first-order valence-electron chi connectivity index (χ1n) is 6.09. The lowest BCUT2D eigenvalue weighted by Crippen LogP contribution is -2.23. The maximum atomic E-state index is 11.7. The summed E-state index contributed by atoms with van der Waals surface area (Å²) in [6.45, 7) is 0. The van der Waals surface area contributed by atoms with Crippen molar-refractivity contribution in [3.63, 3.8) is 0 Å². The van der Waals surface area contributed by atoms with Gasteiger partial charge in [-0.25, -0.2) is 4.79 Å².